The molecule has 4 aliphatic rings. The van der Waals surface area contributed by atoms with Crippen LogP contribution in [-0.2, 0) is 9.59 Å². The molecule has 0 aliphatic heterocycles. The zero-order valence-corrected chi connectivity index (χ0v) is 16.6. The Morgan fingerprint density at radius 1 is 1.32 bits per heavy atom. The highest BCUT2D eigenvalue weighted by atomic mass is 19.1. The van der Waals surface area contributed by atoms with Gasteiger partial charge < -0.3 is 15.3 Å². The molecule has 3 N–H and O–H groups in total. The van der Waals surface area contributed by atoms with Crippen LogP contribution in [0.15, 0.2) is 23.8 Å². The number of aliphatic hydroxyl groups is 3. The lowest BCUT2D eigenvalue weighted by Crippen LogP contribution is -2.69. The molecule has 0 heterocycles. The molecule has 2 unspecified atom stereocenters. The first kappa shape index (κ1) is 19.9. The van der Waals surface area contributed by atoms with Crippen LogP contribution < -0.4 is 0 Å². The minimum absolute atomic E-state index is 0.0676. The van der Waals surface area contributed by atoms with Crippen LogP contribution in [0.3, 0.4) is 0 Å². The predicted octanol–water partition coefficient (Wildman–Crippen LogP) is 1.90. The molecule has 0 aromatic heterocycles. The van der Waals surface area contributed by atoms with Gasteiger partial charge in [-0.15, -0.1) is 0 Å². The van der Waals surface area contributed by atoms with Gasteiger partial charge in [0.2, 0.25) is 0 Å². The normalized spacial score (nSPS) is 52.5. The van der Waals surface area contributed by atoms with E-state index in [0.717, 1.165) is 0 Å². The zero-order chi connectivity index (χ0) is 20.7. The minimum atomic E-state index is -1.98. The first-order valence-corrected chi connectivity index (χ1v) is 10.1. The van der Waals surface area contributed by atoms with Crippen molar-refractivity contribution in [2.45, 2.75) is 63.8 Å². The second-order valence-electron chi connectivity index (χ2n) is 9.75. The molecular weight excluding hydrogens is 363 g/mol. The quantitative estimate of drug-likeness (QED) is 0.667. The molecular formula is C22H29FO5. The molecule has 0 amide bonds. The Kier molecular flexibility index (Phi) is 4.15. The summed E-state index contributed by atoms with van der Waals surface area (Å²) in [7, 11) is 0. The van der Waals surface area contributed by atoms with Crippen molar-refractivity contribution in [3.05, 3.63) is 23.8 Å². The molecule has 0 radical (unpaired) electrons. The number of alkyl halides is 1. The number of carbonyl (C=O) groups excluding carboxylic acids is 2. The Morgan fingerprint density at radius 3 is 2.64 bits per heavy atom. The van der Waals surface area contributed by atoms with Gasteiger partial charge in [0.25, 0.3) is 0 Å². The van der Waals surface area contributed by atoms with Crippen molar-refractivity contribution in [1.29, 1.82) is 0 Å². The number of allylic oxidation sites excluding steroid dienone is 4. The Labute approximate surface area is 164 Å². The molecule has 6 heteroatoms. The number of fused-ring (bicyclic) bond motifs is 5. The molecule has 0 saturated heterocycles. The lowest BCUT2D eigenvalue weighted by atomic mass is 9.44. The number of hydrogen-bond acceptors (Lipinski definition) is 5. The van der Waals surface area contributed by atoms with E-state index >= 15 is 4.39 Å². The van der Waals surface area contributed by atoms with Crippen molar-refractivity contribution < 1.29 is 29.3 Å². The number of carbonyl (C=O) groups is 2. The van der Waals surface area contributed by atoms with E-state index in [1.165, 1.54) is 12.2 Å². The molecule has 0 aromatic rings. The molecule has 3 fully saturated rings. The molecule has 4 rings (SSSR count). The van der Waals surface area contributed by atoms with Crippen molar-refractivity contribution in [2.24, 2.45) is 28.6 Å². The summed E-state index contributed by atoms with van der Waals surface area (Å²) in [6, 6.07) is 0. The molecule has 28 heavy (non-hydrogen) atoms. The average molecular weight is 392 g/mol. The highest BCUT2D eigenvalue weighted by Crippen LogP contribution is 2.70. The monoisotopic (exact) mass is 392 g/mol. The fourth-order valence-corrected chi connectivity index (χ4v) is 7.26. The molecule has 0 spiro atoms. The SMILES string of the molecule is C[C@@H]1CC2C3CCC4=CC(=O)C=C[C@@]4(C)[C@]3(F)[C@H](O)C[C@]2(C)[C@]1(O)C(=O)CO. The summed E-state index contributed by atoms with van der Waals surface area (Å²) in [6.45, 7) is 4.48. The molecule has 8 atom stereocenters. The smallest absolute Gasteiger partial charge is 0.190 e. The summed E-state index contributed by atoms with van der Waals surface area (Å²) >= 11 is 0. The molecule has 4 aliphatic carbocycles. The number of ketones is 2. The maximum atomic E-state index is 16.9. The summed E-state index contributed by atoms with van der Waals surface area (Å²) in [6.07, 6.45) is 4.44. The number of Topliss-reactive ketones (excluding diaryl/α,β-unsaturated/α-hetero) is 1. The van der Waals surface area contributed by atoms with Crippen molar-refractivity contribution >= 4 is 11.6 Å². The van der Waals surface area contributed by atoms with Crippen molar-refractivity contribution in [1.82, 2.24) is 0 Å². The van der Waals surface area contributed by atoms with Crippen molar-refractivity contribution in [3.8, 4) is 0 Å². The van der Waals surface area contributed by atoms with Crippen LogP contribution in [0, 0.1) is 28.6 Å². The summed E-state index contributed by atoms with van der Waals surface area (Å²) < 4.78 is 16.9. The van der Waals surface area contributed by atoms with E-state index in [1.54, 1.807) is 26.8 Å². The van der Waals surface area contributed by atoms with Gasteiger partial charge in [-0.3, -0.25) is 9.59 Å². The van der Waals surface area contributed by atoms with Crippen LogP contribution in [0.4, 0.5) is 4.39 Å². The first-order valence-electron chi connectivity index (χ1n) is 10.1. The van der Waals surface area contributed by atoms with Gasteiger partial charge in [-0.1, -0.05) is 25.5 Å². The van der Waals surface area contributed by atoms with Crippen LogP contribution in [0.5, 0.6) is 0 Å². The third kappa shape index (κ3) is 2.01. The van der Waals surface area contributed by atoms with Gasteiger partial charge in [-0.05, 0) is 56.6 Å². The van der Waals surface area contributed by atoms with Gasteiger partial charge in [0.05, 0.1) is 6.10 Å². The third-order valence-corrected chi connectivity index (χ3v) is 8.79. The second kappa shape index (κ2) is 5.83. The number of aliphatic hydroxyl groups excluding tert-OH is 2. The fourth-order valence-electron chi connectivity index (χ4n) is 7.26. The zero-order valence-electron chi connectivity index (χ0n) is 16.6. The minimum Gasteiger partial charge on any atom is -0.390 e. The topological polar surface area (TPSA) is 94.8 Å². The first-order chi connectivity index (χ1) is 13.0. The summed E-state index contributed by atoms with van der Waals surface area (Å²) in [5.41, 5.74) is -5.17. The van der Waals surface area contributed by atoms with E-state index in [1.807, 2.05) is 0 Å². The van der Waals surface area contributed by atoms with Gasteiger partial charge in [0.1, 0.15) is 12.2 Å². The third-order valence-electron chi connectivity index (χ3n) is 8.79. The van der Waals surface area contributed by atoms with E-state index in [-0.39, 0.29) is 18.1 Å². The van der Waals surface area contributed by atoms with Gasteiger partial charge in [-0.2, -0.15) is 0 Å². The molecule has 0 bridgehead atoms. The Bertz CT molecular complexity index is 805. The fraction of sp³-hybridized carbons (Fsp3) is 0.727. The van der Waals surface area contributed by atoms with E-state index in [2.05, 4.69) is 0 Å². The van der Waals surface area contributed by atoms with Gasteiger partial charge in [-0.25, -0.2) is 4.39 Å². The van der Waals surface area contributed by atoms with Crippen LogP contribution in [0.1, 0.15) is 46.5 Å². The van der Waals surface area contributed by atoms with E-state index in [0.29, 0.717) is 24.8 Å². The standard InChI is InChI=1S/C22H29FO5/c1-12-8-16-15-5-4-13-9-14(25)6-7-19(13,2)21(15,23)17(26)10-20(16,3)22(12,28)18(27)11-24/h6-7,9,12,15-17,24,26,28H,4-5,8,10-11H2,1-3H3/t12-,15?,16?,17-,19-,20+,21-,22-/m1/s1. The average Bonchev–Trinajstić information content (AvgIpc) is 2.84. The second-order valence-corrected chi connectivity index (χ2v) is 9.75. The van der Waals surface area contributed by atoms with Gasteiger partial charge in [0, 0.05) is 16.7 Å². The Hall–Kier alpha value is -1.37. The molecule has 3 saturated carbocycles. The van der Waals surface area contributed by atoms with Crippen LogP contribution in [-0.4, -0.2) is 50.9 Å². The number of halogens is 1. The van der Waals surface area contributed by atoms with Crippen LogP contribution >= 0.6 is 0 Å². The van der Waals surface area contributed by atoms with Crippen LogP contribution in [0.2, 0.25) is 0 Å². The molecule has 154 valence electrons. The molecule has 5 nitrogen and oxygen atoms in total. The lowest BCUT2D eigenvalue weighted by molar-refractivity contribution is -0.219. The van der Waals surface area contributed by atoms with Crippen molar-refractivity contribution in [3.63, 3.8) is 0 Å². The molecule has 0 aromatic carbocycles. The summed E-state index contributed by atoms with van der Waals surface area (Å²) in [4.78, 5) is 24.4. The van der Waals surface area contributed by atoms with Gasteiger partial charge >= 0.3 is 0 Å². The van der Waals surface area contributed by atoms with Crippen LogP contribution in [0.25, 0.3) is 0 Å². The maximum absolute atomic E-state index is 16.9. The van der Waals surface area contributed by atoms with Gasteiger partial charge in [0.15, 0.2) is 17.2 Å². The Balaban J connectivity index is 1.84. The van der Waals surface area contributed by atoms with E-state index in [9.17, 15) is 24.9 Å². The summed E-state index contributed by atoms with van der Waals surface area (Å²) in [5.74, 6) is -2.12. The highest BCUT2D eigenvalue weighted by Gasteiger charge is 2.75. The van der Waals surface area contributed by atoms with Crippen molar-refractivity contribution in [2.75, 3.05) is 6.61 Å². The van der Waals surface area contributed by atoms with E-state index in [4.69, 9.17) is 0 Å². The highest BCUT2D eigenvalue weighted by molar-refractivity contribution is 6.01. The Morgan fingerprint density at radius 2 is 2.00 bits per heavy atom. The van der Waals surface area contributed by atoms with E-state index < -0.39 is 52.4 Å². The number of rotatable bonds is 2. The maximum Gasteiger partial charge on any atom is 0.190 e. The lowest BCUT2D eigenvalue weighted by Gasteiger charge is -2.62. The predicted molar refractivity (Wildman–Crippen MR) is 99.9 cm³/mol. The number of hydrogen-bond donors (Lipinski definition) is 3. The summed E-state index contributed by atoms with van der Waals surface area (Å²) in [5, 5.41) is 32.0. The largest absolute Gasteiger partial charge is 0.390 e.